The van der Waals surface area contributed by atoms with Crippen LogP contribution in [0.1, 0.15) is 34.7 Å². The highest BCUT2D eigenvalue weighted by Gasteiger charge is 2.54. The van der Waals surface area contributed by atoms with Crippen LogP contribution in [0.15, 0.2) is 182 Å². The minimum Gasteiger partial charge on any atom is -0.454 e. The topological polar surface area (TPSA) is 132 Å². The number of anilines is 1. The maximum Gasteiger partial charge on any atom is 0.303 e. The molecule has 0 saturated carbocycles. The number of hydrogen-bond donors (Lipinski definition) is 2. The van der Waals surface area contributed by atoms with Crippen molar-refractivity contribution >= 4 is 11.7 Å². The minimum atomic E-state index is -1.36. The van der Waals surface area contributed by atoms with E-state index in [-0.39, 0.29) is 39.6 Å². The molecule has 2 saturated heterocycles. The van der Waals surface area contributed by atoms with Gasteiger partial charge in [0.05, 0.1) is 46.2 Å². The fraction of sp³-hybridized carbons (Fsp3) is 0.327. The van der Waals surface area contributed by atoms with Crippen LogP contribution in [0.3, 0.4) is 0 Å². The third kappa shape index (κ3) is 13.9. The molecule has 12 nitrogen and oxygen atoms in total. The summed E-state index contributed by atoms with van der Waals surface area (Å²) in [5.41, 5.74) is 5.42. The molecule has 0 bridgehead atoms. The summed E-state index contributed by atoms with van der Waals surface area (Å²) < 4.78 is 60.0. The summed E-state index contributed by atoms with van der Waals surface area (Å²) in [4.78, 5) is 13.3. The number of rotatable bonds is 22. The maximum atomic E-state index is 13.3. The standard InChI is InChI=1S/C55H59NO11/c1-39(57)64-53-52(63-36-44-28-16-6-17-29-44)49(61-34-42-24-12-4-13-25-42)46(37-59-32-40-20-8-2-9-21-40)66-55(53)67-50-47(38-60-33-41-22-10-3-11-23-41)65-54(58)48(56-45-30-18-7-19-31-45)51(50)62-35-43-26-14-5-15-27-43/h2-31,46-56,58H,32-38H2,1H3. The van der Waals surface area contributed by atoms with E-state index in [0.717, 1.165) is 33.5 Å². The van der Waals surface area contributed by atoms with Crippen molar-refractivity contribution in [2.75, 3.05) is 18.5 Å². The molecule has 2 N–H and O–H groups in total. The van der Waals surface area contributed by atoms with Gasteiger partial charge in [-0.05, 0) is 39.9 Å². The van der Waals surface area contributed by atoms with E-state index in [1.54, 1.807) is 0 Å². The van der Waals surface area contributed by atoms with Gasteiger partial charge < -0.3 is 53.1 Å². The van der Waals surface area contributed by atoms with Crippen LogP contribution in [-0.4, -0.2) is 85.6 Å². The Bertz CT molecular complexity index is 2310. The first-order chi connectivity index (χ1) is 33.0. The fourth-order valence-corrected chi connectivity index (χ4v) is 8.32. The Morgan fingerprint density at radius 2 is 0.866 bits per heavy atom. The molecule has 12 heteroatoms. The van der Waals surface area contributed by atoms with E-state index < -0.39 is 67.3 Å². The Morgan fingerprint density at radius 3 is 1.31 bits per heavy atom. The van der Waals surface area contributed by atoms with E-state index in [0.29, 0.717) is 6.61 Å². The lowest BCUT2D eigenvalue weighted by Gasteiger charge is -2.49. The minimum absolute atomic E-state index is 0.00515. The van der Waals surface area contributed by atoms with Gasteiger partial charge in [0.25, 0.3) is 0 Å². The summed E-state index contributed by atoms with van der Waals surface area (Å²) in [5.74, 6) is -0.574. The van der Waals surface area contributed by atoms with Crippen LogP contribution < -0.4 is 5.32 Å². The van der Waals surface area contributed by atoms with Crippen molar-refractivity contribution in [2.24, 2.45) is 0 Å². The monoisotopic (exact) mass is 909 g/mol. The van der Waals surface area contributed by atoms with Crippen LogP contribution in [0.4, 0.5) is 5.69 Å². The highest BCUT2D eigenvalue weighted by molar-refractivity contribution is 5.66. The summed E-state index contributed by atoms with van der Waals surface area (Å²) in [7, 11) is 0. The summed E-state index contributed by atoms with van der Waals surface area (Å²) >= 11 is 0. The molecule has 2 aliphatic rings. The van der Waals surface area contributed by atoms with Crippen LogP contribution in [0.5, 0.6) is 0 Å². The van der Waals surface area contributed by atoms with Gasteiger partial charge in [-0.2, -0.15) is 0 Å². The molecule has 6 aromatic rings. The van der Waals surface area contributed by atoms with Crippen LogP contribution in [0, 0.1) is 0 Å². The summed E-state index contributed by atoms with van der Waals surface area (Å²) in [5, 5.41) is 15.3. The number of nitrogens with one attached hydrogen (secondary N) is 1. The first kappa shape index (κ1) is 47.7. The Hall–Kier alpha value is -5.77. The first-order valence-electron chi connectivity index (χ1n) is 22.8. The average molecular weight is 910 g/mol. The third-order valence-corrected chi connectivity index (χ3v) is 11.6. The lowest BCUT2D eigenvalue weighted by Crippen LogP contribution is -2.67. The molecule has 0 radical (unpaired) electrons. The van der Waals surface area contributed by atoms with Crippen molar-refractivity contribution in [3.63, 3.8) is 0 Å². The summed E-state index contributed by atoms with van der Waals surface area (Å²) in [6, 6.07) is 57.6. The smallest absolute Gasteiger partial charge is 0.303 e. The Morgan fingerprint density at radius 1 is 0.478 bits per heavy atom. The number of ether oxygens (including phenoxy) is 9. The van der Waals surface area contributed by atoms with E-state index >= 15 is 0 Å². The SMILES string of the molecule is CC(=O)OC1C(OC2C(COCc3ccccc3)OC(O)C(Nc3ccccc3)C2OCc2ccccc2)OC(COCc2ccccc2)C(OCc2ccccc2)C1OCc1ccccc1. The lowest BCUT2D eigenvalue weighted by atomic mass is 9.94. The molecule has 2 aliphatic heterocycles. The second-order valence-electron chi connectivity index (χ2n) is 16.6. The zero-order chi connectivity index (χ0) is 46.0. The molecular weight excluding hydrogens is 851 g/mol. The predicted molar refractivity (Wildman–Crippen MR) is 251 cm³/mol. The number of carbonyl (C=O) groups excluding carboxylic acids is 1. The number of aliphatic hydroxyl groups excluding tert-OH is 1. The molecule has 0 amide bonds. The average Bonchev–Trinajstić information content (AvgIpc) is 3.36. The van der Waals surface area contributed by atoms with Gasteiger partial charge in [-0.1, -0.05) is 170 Å². The molecule has 0 aromatic heterocycles. The molecular formula is C55H59NO11. The van der Waals surface area contributed by atoms with Gasteiger partial charge >= 0.3 is 5.97 Å². The Kier molecular flexibility index (Phi) is 17.7. The molecule has 0 spiro atoms. The van der Waals surface area contributed by atoms with E-state index in [2.05, 4.69) is 5.32 Å². The largest absolute Gasteiger partial charge is 0.454 e. The van der Waals surface area contributed by atoms with E-state index in [4.69, 9.17) is 42.6 Å². The molecule has 67 heavy (non-hydrogen) atoms. The van der Waals surface area contributed by atoms with E-state index in [1.807, 2.05) is 182 Å². The van der Waals surface area contributed by atoms with Gasteiger partial charge in [0.1, 0.15) is 42.7 Å². The van der Waals surface area contributed by atoms with Gasteiger partial charge in [-0.15, -0.1) is 0 Å². The van der Waals surface area contributed by atoms with Crippen LogP contribution in [0.25, 0.3) is 0 Å². The van der Waals surface area contributed by atoms with Crippen molar-refractivity contribution in [2.45, 2.75) is 101 Å². The number of carbonyl (C=O) groups is 1. The molecule has 10 unspecified atom stereocenters. The molecule has 0 aliphatic carbocycles. The quantitative estimate of drug-likeness (QED) is 0.0634. The third-order valence-electron chi connectivity index (χ3n) is 11.6. The van der Waals surface area contributed by atoms with Crippen molar-refractivity contribution in [3.8, 4) is 0 Å². The number of esters is 1. The molecule has 2 heterocycles. The highest BCUT2D eigenvalue weighted by Crippen LogP contribution is 2.36. The summed E-state index contributed by atoms with van der Waals surface area (Å²) in [6.45, 7) is 2.55. The number of benzene rings is 6. The lowest BCUT2D eigenvalue weighted by molar-refractivity contribution is -0.356. The Balaban J connectivity index is 1.17. The van der Waals surface area contributed by atoms with Gasteiger partial charge in [0.15, 0.2) is 18.7 Å². The predicted octanol–water partition coefficient (Wildman–Crippen LogP) is 8.42. The molecule has 2 fully saturated rings. The van der Waals surface area contributed by atoms with Crippen LogP contribution in [-0.2, 0) is 80.5 Å². The second kappa shape index (κ2) is 24.8. The normalized spacial score (nSPS) is 25.0. The van der Waals surface area contributed by atoms with Gasteiger partial charge in [0, 0.05) is 12.6 Å². The summed E-state index contributed by atoms with van der Waals surface area (Å²) in [6.07, 6.45) is -9.13. The van der Waals surface area contributed by atoms with Gasteiger partial charge in [-0.25, -0.2) is 0 Å². The second-order valence-corrected chi connectivity index (χ2v) is 16.6. The van der Waals surface area contributed by atoms with Crippen LogP contribution >= 0.6 is 0 Å². The molecule has 8 rings (SSSR count). The Labute approximate surface area is 392 Å². The van der Waals surface area contributed by atoms with Crippen molar-refractivity contribution in [1.29, 1.82) is 0 Å². The first-order valence-corrected chi connectivity index (χ1v) is 22.8. The number of hydrogen-bond acceptors (Lipinski definition) is 12. The van der Waals surface area contributed by atoms with Crippen molar-refractivity contribution in [3.05, 3.63) is 210 Å². The zero-order valence-corrected chi connectivity index (χ0v) is 37.6. The van der Waals surface area contributed by atoms with E-state index in [1.165, 1.54) is 6.92 Å². The molecule has 350 valence electrons. The molecule has 10 atom stereocenters. The fourth-order valence-electron chi connectivity index (χ4n) is 8.32. The van der Waals surface area contributed by atoms with Gasteiger partial charge in [-0.3, -0.25) is 4.79 Å². The number of aliphatic hydroxyl groups is 1. The maximum absolute atomic E-state index is 13.3. The van der Waals surface area contributed by atoms with Gasteiger partial charge in [0.2, 0.25) is 0 Å². The van der Waals surface area contributed by atoms with Crippen molar-refractivity contribution in [1.82, 2.24) is 0 Å². The van der Waals surface area contributed by atoms with Crippen molar-refractivity contribution < 1.29 is 52.5 Å². The van der Waals surface area contributed by atoms with E-state index in [9.17, 15) is 9.90 Å². The number of para-hydroxylation sites is 1. The van der Waals surface area contributed by atoms with Crippen LogP contribution in [0.2, 0.25) is 0 Å². The zero-order valence-electron chi connectivity index (χ0n) is 37.6. The highest BCUT2D eigenvalue weighted by atomic mass is 16.7. The molecule has 6 aromatic carbocycles.